The van der Waals surface area contributed by atoms with Gasteiger partial charge in [-0.3, -0.25) is 14.4 Å². The summed E-state index contributed by atoms with van der Waals surface area (Å²) >= 11 is 0. The van der Waals surface area contributed by atoms with Gasteiger partial charge in [0.1, 0.15) is 13.2 Å². The summed E-state index contributed by atoms with van der Waals surface area (Å²) in [6.07, 6.45) is 63.9. The first-order valence-corrected chi connectivity index (χ1v) is 27.6. The minimum Gasteiger partial charge on any atom is -0.462 e. The van der Waals surface area contributed by atoms with Crippen molar-refractivity contribution in [2.45, 2.75) is 290 Å². The molecule has 0 N–H and O–H groups in total. The van der Waals surface area contributed by atoms with Crippen LogP contribution in [0.25, 0.3) is 0 Å². The molecule has 0 aliphatic carbocycles. The maximum atomic E-state index is 12.8. The molecule has 0 fully saturated rings. The minimum absolute atomic E-state index is 0.0907. The number of carbonyl (C=O) groups is 3. The molecular formula is C58H104O6. The molecule has 0 saturated carbocycles. The number of hydrogen-bond acceptors (Lipinski definition) is 6. The highest BCUT2D eigenvalue weighted by molar-refractivity contribution is 5.71. The number of unbranched alkanes of at least 4 members (excludes halogenated alkanes) is 31. The quantitative estimate of drug-likeness (QED) is 0.0262. The Bertz CT molecular complexity index is 1120. The molecule has 0 radical (unpaired) electrons. The highest BCUT2D eigenvalue weighted by atomic mass is 16.6. The Morgan fingerprint density at radius 3 is 0.922 bits per heavy atom. The van der Waals surface area contributed by atoms with Gasteiger partial charge in [0.05, 0.1) is 0 Å². The van der Waals surface area contributed by atoms with Crippen LogP contribution >= 0.6 is 0 Å². The Hall–Kier alpha value is -2.63. The Morgan fingerprint density at radius 1 is 0.312 bits per heavy atom. The maximum absolute atomic E-state index is 12.8. The average molecular weight is 897 g/mol. The zero-order valence-electron chi connectivity index (χ0n) is 42.6. The molecule has 1 atom stereocenters. The summed E-state index contributed by atoms with van der Waals surface area (Å²) in [6.45, 7) is 6.59. The van der Waals surface area contributed by atoms with Gasteiger partial charge in [-0.1, -0.05) is 256 Å². The Labute approximate surface area is 397 Å². The normalized spacial score (nSPS) is 12.4. The molecule has 372 valence electrons. The van der Waals surface area contributed by atoms with Crippen molar-refractivity contribution in [1.29, 1.82) is 0 Å². The topological polar surface area (TPSA) is 78.9 Å². The van der Waals surface area contributed by atoms with Crippen LogP contribution in [-0.4, -0.2) is 37.2 Å². The summed E-state index contributed by atoms with van der Waals surface area (Å²) < 4.78 is 16.8. The predicted molar refractivity (Wildman–Crippen MR) is 275 cm³/mol. The van der Waals surface area contributed by atoms with Crippen molar-refractivity contribution in [3.8, 4) is 0 Å². The monoisotopic (exact) mass is 897 g/mol. The minimum atomic E-state index is -0.797. The van der Waals surface area contributed by atoms with E-state index >= 15 is 0 Å². The van der Waals surface area contributed by atoms with E-state index in [-0.39, 0.29) is 37.5 Å². The van der Waals surface area contributed by atoms with Gasteiger partial charge in [0.2, 0.25) is 0 Å². The van der Waals surface area contributed by atoms with Crippen LogP contribution in [0.15, 0.2) is 48.6 Å². The van der Waals surface area contributed by atoms with E-state index in [1.807, 2.05) is 0 Å². The van der Waals surface area contributed by atoms with Crippen molar-refractivity contribution in [3.05, 3.63) is 48.6 Å². The van der Waals surface area contributed by atoms with E-state index in [0.29, 0.717) is 19.3 Å². The van der Waals surface area contributed by atoms with Crippen LogP contribution in [0, 0.1) is 0 Å². The van der Waals surface area contributed by atoms with E-state index in [9.17, 15) is 14.4 Å². The molecule has 6 nitrogen and oxygen atoms in total. The van der Waals surface area contributed by atoms with Crippen molar-refractivity contribution in [1.82, 2.24) is 0 Å². The lowest BCUT2D eigenvalue weighted by Gasteiger charge is -2.18. The summed E-state index contributed by atoms with van der Waals surface area (Å²) in [7, 11) is 0. The van der Waals surface area contributed by atoms with Crippen LogP contribution < -0.4 is 0 Å². The molecule has 0 aromatic rings. The van der Waals surface area contributed by atoms with Gasteiger partial charge >= 0.3 is 17.9 Å². The van der Waals surface area contributed by atoms with Crippen molar-refractivity contribution in [2.75, 3.05) is 13.2 Å². The molecule has 0 aromatic heterocycles. The second-order valence-electron chi connectivity index (χ2n) is 18.5. The summed E-state index contributed by atoms with van der Waals surface area (Å²) in [5, 5.41) is 0. The van der Waals surface area contributed by atoms with Crippen molar-refractivity contribution in [2.24, 2.45) is 0 Å². The first-order chi connectivity index (χ1) is 31.5. The average Bonchev–Trinajstić information content (AvgIpc) is 3.29. The lowest BCUT2D eigenvalue weighted by molar-refractivity contribution is -0.167. The van der Waals surface area contributed by atoms with Crippen LogP contribution in [0.1, 0.15) is 284 Å². The van der Waals surface area contributed by atoms with Crippen molar-refractivity contribution in [3.63, 3.8) is 0 Å². The standard InChI is InChI=1S/C58H104O6/c1-4-7-10-13-16-19-22-25-27-29-31-33-36-39-42-45-48-51-57(60)63-54-55(53-62-56(59)50-47-44-41-38-35-24-21-18-15-12-9-6-3)64-58(61)52-49-46-43-40-37-34-32-30-28-26-23-20-17-14-11-8-5-2/h17,20,26,28,32,34,40,43,55H,4-16,18-19,21-25,27,29-31,33,35-39,41-42,44-54H2,1-3H3/b20-17-,28-26-,34-32-,43-40-/t55-/m0/s1. The number of ether oxygens (including phenoxy) is 3. The van der Waals surface area contributed by atoms with Crippen LogP contribution in [0.2, 0.25) is 0 Å². The largest absolute Gasteiger partial charge is 0.462 e. The fourth-order valence-corrected chi connectivity index (χ4v) is 7.91. The lowest BCUT2D eigenvalue weighted by Crippen LogP contribution is -2.30. The number of esters is 3. The fraction of sp³-hybridized carbons (Fsp3) is 0.810. The van der Waals surface area contributed by atoms with E-state index in [2.05, 4.69) is 69.4 Å². The summed E-state index contributed by atoms with van der Waals surface area (Å²) in [6, 6.07) is 0. The highest BCUT2D eigenvalue weighted by Gasteiger charge is 2.19. The van der Waals surface area contributed by atoms with Crippen molar-refractivity contribution < 1.29 is 28.6 Å². The molecule has 0 heterocycles. The van der Waals surface area contributed by atoms with Gasteiger partial charge in [0.15, 0.2) is 6.10 Å². The van der Waals surface area contributed by atoms with E-state index in [1.165, 1.54) is 173 Å². The van der Waals surface area contributed by atoms with Crippen LogP contribution in [0.4, 0.5) is 0 Å². The number of carbonyl (C=O) groups excluding carboxylic acids is 3. The smallest absolute Gasteiger partial charge is 0.306 e. The van der Waals surface area contributed by atoms with Crippen molar-refractivity contribution >= 4 is 17.9 Å². The molecule has 0 saturated heterocycles. The second kappa shape index (κ2) is 53.0. The van der Waals surface area contributed by atoms with Crippen LogP contribution in [0.3, 0.4) is 0 Å². The first kappa shape index (κ1) is 61.4. The predicted octanol–water partition coefficient (Wildman–Crippen LogP) is 18.3. The van der Waals surface area contributed by atoms with Crippen LogP contribution in [-0.2, 0) is 28.6 Å². The number of hydrogen-bond donors (Lipinski definition) is 0. The molecule has 0 amide bonds. The lowest BCUT2D eigenvalue weighted by atomic mass is 10.0. The molecular weight excluding hydrogens is 793 g/mol. The zero-order chi connectivity index (χ0) is 46.5. The molecule has 64 heavy (non-hydrogen) atoms. The van der Waals surface area contributed by atoms with Gasteiger partial charge in [-0.15, -0.1) is 0 Å². The third-order valence-electron chi connectivity index (χ3n) is 12.1. The first-order valence-electron chi connectivity index (χ1n) is 27.6. The third-order valence-corrected chi connectivity index (χ3v) is 12.1. The molecule has 0 rings (SSSR count). The van der Waals surface area contributed by atoms with Crippen LogP contribution in [0.5, 0.6) is 0 Å². The molecule has 0 aromatic carbocycles. The highest BCUT2D eigenvalue weighted by Crippen LogP contribution is 2.16. The summed E-state index contributed by atoms with van der Waals surface area (Å²) in [5.74, 6) is -0.934. The number of rotatable bonds is 50. The van der Waals surface area contributed by atoms with Gasteiger partial charge in [-0.2, -0.15) is 0 Å². The van der Waals surface area contributed by atoms with Gasteiger partial charge < -0.3 is 14.2 Å². The third kappa shape index (κ3) is 50.4. The molecule has 0 aliphatic heterocycles. The molecule has 0 spiro atoms. The summed E-state index contributed by atoms with van der Waals surface area (Å²) in [5.41, 5.74) is 0. The Kier molecular flexibility index (Phi) is 50.8. The summed E-state index contributed by atoms with van der Waals surface area (Å²) in [4.78, 5) is 38.0. The van der Waals surface area contributed by atoms with E-state index in [4.69, 9.17) is 14.2 Å². The zero-order valence-corrected chi connectivity index (χ0v) is 42.6. The Morgan fingerprint density at radius 2 is 0.578 bits per heavy atom. The molecule has 0 unspecified atom stereocenters. The fourth-order valence-electron chi connectivity index (χ4n) is 7.91. The Balaban J connectivity index is 4.41. The van der Waals surface area contributed by atoms with Gasteiger partial charge in [0, 0.05) is 19.3 Å². The van der Waals surface area contributed by atoms with E-state index in [0.717, 1.165) is 64.2 Å². The van der Waals surface area contributed by atoms with E-state index < -0.39 is 6.10 Å². The van der Waals surface area contributed by atoms with E-state index in [1.54, 1.807) is 0 Å². The van der Waals surface area contributed by atoms with Gasteiger partial charge in [0.25, 0.3) is 0 Å². The van der Waals surface area contributed by atoms with Gasteiger partial charge in [-0.25, -0.2) is 0 Å². The molecule has 0 aliphatic rings. The number of allylic oxidation sites excluding steroid dienone is 8. The maximum Gasteiger partial charge on any atom is 0.306 e. The molecule has 6 heteroatoms. The SMILES string of the molecule is CCCCC/C=C\C/C=C\C/C=C\C/C=C\CCCC(=O)O[C@@H](COC(=O)CCCCCCCCCCCCCC)COC(=O)CCCCCCCCCCCCCCCCCCC. The second-order valence-corrected chi connectivity index (χ2v) is 18.5. The van der Waals surface area contributed by atoms with Gasteiger partial charge in [-0.05, 0) is 57.8 Å². The molecule has 0 bridgehead atoms.